The third-order valence-electron chi connectivity index (χ3n) is 5.24. The number of fused-ring (bicyclic) bond motifs is 1. The molecule has 1 saturated heterocycles. The van der Waals surface area contributed by atoms with Gasteiger partial charge >= 0.3 is 7.25 Å². The molecule has 0 atom stereocenters. The van der Waals surface area contributed by atoms with E-state index in [-0.39, 0.29) is 4.90 Å². The molecule has 12 heteroatoms. The molecule has 184 valence electrons. The second-order valence-electron chi connectivity index (χ2n) is 7.61. The number of ether oxygens (including phenoxy) is 2. The lowest BCUT2D eigenvalue weighted by molar-refractivity contribution is -0.701. The third-order valence-corrected chi connectivity index (χ3v) is 6.93. The van der Waals surface area contributed by atoms with E-state index < -0.39 is 23.6 Å². The Morgan fingerprint density at radius 1 is 0.886 bits per heavy atom. The number of benzene rings is 2. The summed E-state index contributed by atoms with van der Waals surface area (Å²) in [5, 5.41) is 0.896. The van der Waals surface area contributed by atoms with Crippen molar-refractivity contribution in [2.24, 2.45) is 0 Å². The average molecular weight is 508 g/mol. The molecule has 35 heavy (non-hydrogen) atoms. The van der Waals surface area contributed by atoms with Crippen LogP contribution in [-0.2, 0) is 26.0 Å². The topological polar surface area (TPSA) is 61.4 Å². The summed E-state index contributed by atoms with van der Waals surface area (Å²) >= 11 is 0. The van der Waals surface area contributed by atoms with Gasteiger partial charge < -0.3 is 26.7 Å². The number of pyridine rings is 1. The highest BCUT2D eigenvalue weighted by molar-refractivity contribution is 7.90. The smallest absolute Gasteiger partial charge is 0.418 e. The Balaban J connectivity index is 0.000000527. The van der Waals surface area contributed by atoms with Crippen molar-refractivity contribution in [3.63, 3.8) is 0 Å². The van der Waals surface area contributed by atoms with Crippen molar-refractivity contribution < 1.29 is 39.7 Å². The van der Waals surface area contributed by atoms with Gasteiger partial charge in [0.05, 0.1) is 23.6 Å². The molecular weight excluding hydrogens is 487 g/mol. The van der Waals surface area contributed by atoms with Crippen LogP contribution in [0.3, 0.4) is 0 Å². The van der Waals surface area contributed by atoms with Crippen molar-refractivity contribution in [3.8, 4) is 0 Å². The predicted octanol–water partition coefficient (Wildman–Crippen LogP) is 4.56. The summed E-state index contributed by atoms with van der Waals surface area (Å²) in [7, 11) is -9.70. The Labute approximate surface area is 199 Å². The van der Waals surface area contributed by atoms with Crippen LogP contribution in [0.2, 0.25) is 0 Å². The molecule has 6 nitrogen and oxygen atoms in total. The zero-order valence-corrected chi connectivity index (χ0v) is 19.1. The van der Waals surface area contributed by atoms with Crippen LogP contribution in [0.15, 0.2) is 90.1 Å². The number of hydrogen-bond acceptors (Lipinski definition) is 4. The van der Waals surface area contributed by atoms with Gasteiger partial charge in [0.2, 0.25) is 12.0 Å². The van der Waals surface area contributed by atoms with Gasteiger partial charge in [-0.05, 0) is 24.3 Å². The Morgan fingerprint density at radius 2 is 1.49 bits per heavy atom. The fourth-order valence-electron chi connectivity index (χ4n) is 3.81. The summed E-state index contributed by atoms with van der Waals surface area (Å²) in [5.74, 6) is 0. The van der Waals surface area contributed by atoms with Crippen molar-refractivity contribution in [3.05, 3.63) is 96.4 Å². The summed E-state index contributed by atoms with van der Waals surface area (Å²) < 4.78 is 80.4. The van der Waals surface area contributed by atoms with Gasteiger partial charge in [-0.1, -0.05) is 36.4 Å². The maximum atomic E-state index is 13.3. The van der Waals surface area contributed by atoms with Crippen molar-refractivity contribution >= 4 is 28.2 Å². The van der Waals surface area contributed by atoms with Crippen LogP contribution in [0.5, 0.6) is 0 Å². The normalized spacial score (nSPS) is 14.6. The number of hydrogen-bond donors (Lipinski definition) is 0. The lowest BCUT2D eigenvalue weighted by Gasteiger charge is -2.08. The van der Waals surface area contributed by atoms with Crippen molar-refractivity contribution in [2.75, 3.05) is 13.2 Å². The van der Waals surface area contributed by atoms with Gasteiger partial charge in [-0.15, -0.1) is 0 Å². The monoisotopic (exact) mass is 508 g/mol. The minimum Gasteiger partial charge on any atom is -0.418 e. The fraction of sp³-hybridized carbons (Fsp3) is 0.174. The van der Waals surface area contributed by atoms with Gasteiger partial charge in [0.15, 0.2) is 12.7 Å². The van der Waals surface area contributed by atoms with Crippen molar-refractivity contribution in [1.29, 1.82) is 0 Å². The highest BCUT2D eigenvalue weighted by Gasteiger charge is 2.28. The van der Waals surface area contributed by atoms with Crippen molar-refractivity contribution in [2.45, 2.75) is 17.7 Å². The summed E-state index contributed by atoms with van der Waals surface area (Å²) in [6, 6.07) is 21.9. The fourth-order valence-corrected chi connectivity index (χ4v) is 5.22. The van der Waals surface area contributed by atoms with Crippen LogP contribution in [0, 0.1) is 0 Å². The van der Waals surface area contributed by atoms with Gasteiger partial charge in [0.25, 0.3) is 10.0 Å². The first-order valence-electron chi connectivity index (χ1n) is 10.6. The SMILES string of the molecule is F[B-](F)(F)F.O=S(=O)(c1ccccc1)n1cc(C[n+]2ccccc2C2OCCO2)c2ccccc21. The van der Waals surface area contributed by atoms with E-state index in [2.05, 4.69) is 0 Å². The molecule has 0 aliphatic carbocycles. The van der Waals surface area contributed by atoms with Gasteiger partial charge in [-0.25, -0.2) is 12.4 Å². The predicted molar refractivity (Wildman–Crippen MR) is 122 cm³/mol. The van der Waals surface area contributed by atoms with E-state index in [1.807, 2.05) is 53.2 Å². The van der Waals surface area contributed by atoms with Gasteiger partial charge in [-0.2, -0.15) is 4.57 Å². The van der Waals surface area contributed by atoms with E-state index in [9.17, 15) is 25.7 Å². The van der Waals surface area contributed by atoms with Gasteiger partial charge in [0.1, 0.15) is 0 Å². The summed E-state index contributed by atoms with van der Waals surface area (Å²) in [6.45, 7) is 1.62. The minimum atomic E-state index is -6.00. The molecule has 1 aliphatic rings. The standard InChI is InChI=1S/C23H21N2O4S.BF4/c26-30(27,19-8-2-1-3-9-19)25-17-18(20-10-4-5-11-21(20)25)16-24-13-7-6-12-22(24)23-28-14-15-29-23;2-1(3,4)5/h1-13,17,23H,14-16H2;/q+1;-1. The summed E-state index contributed by atoms with van der Waals surface area (Å²) in [5.41, 5.74) is 2.46. The minimum absolute atomic E-state index is 0.262. The molecule has 4 aromatic rings. The molecule has 0 amide bonds. The Hall–Kier alpha value is -3.22. The van der Waals surface area contributed by atoms with Crippen LogP contribution < -0.4 is 4.57 Å². The van der Waals surface area contributed by atoms with Crippen LogP contribution in [0.1, 0.15) is 17.5 Å². The number of rotatable bonds is 5. The van der Waals surface area contributed by atoms with Gasteiger partial charge in [-0.3, -0.25) is 0 Å². The molecule has 0 bridgehead atoms. The van der Waals surface area contributed by atoms with E-state index in [1.165, 1.54) is 3.97 Å². The highest BCUT2D eigenvalue weighted by Crippen LogP contribution is 2.27. The van der Waals surface area contributed by atoms with E-state index in [0.29, 0.717) is 25.3 Å². The first-order chi connectivity index (χ1) is 16.6. The van der Waals surface area contributed by atoms with Gasteiger partial charge in [0, 0.05) is 29.3 Å². The van der Waals surface area contributed by atoms with Crippen LogP contribution >= 0.6 is 0 Å². The molecule has 5 rings (SSSR count). The zero-order valence-electron chi connectivity index (χ0n) is 18.3. The Kier molecular flexibility index (Phi) is 7.24. The first-order valence-corrected chi connectivity index (χ1v) is 12.1. The highest BCUT2D eigenvalue weighted by atomic mass is 32.2. The van der Waals surface area contributed by atoms with E-state index in [0.717, 1.165) is 16.6 Å². The van der Waals surface area contributed by atoms with Crippen molar-refractivity contribution in [1.82, 2.24) is 3.97 Å². The second kappa shape index (κ2) is 10.2. The third kappa shape index (κ3) is 5.89. The quantitative estimate of drug-likeness (QED) is 0.225. The number of nitrogens with zero attached hydrogens (tertiary/aromatic N) is 2. The van der Waals surface area contributed by atoms with E-state index in [1.54, 1.807) is 36.5 Å². The zero-order chi connectivity index (χ0) is 25.1. The largest absolute Gasteiger partial charge is 0.673 e. The van der Waals surface area contributed by atoms with Crippen LogP contribution in [-0.4, -0.2) is 32.9 Å². The first kappa shape index (κ1) is 24.9. The second-order valence-corrected chi connectivity index (χ2v) is 9.42. The molecule has 2 aromatic carbocycles. The lowest BCUT2D eigenvalue weighted by atomic mass is 10.1. The number of para-hydroxylation sites is 1. The van der Waals surface area contributed by atoms with Crippen LogP contribution in [0.4, 0.5) is 17.3 Å². The molecule has 3 heterocycles. The Morgan fingerprint density at radius 3 is 2.17 bits per heavy atom. The Bertz CT molecular complexity index is 1400. The van der Waals surface area contributed by atoms with Crippen LogP contribution in [0.25, 0.3) is 10.9 Å². The molecule has 0 radical (unpaired) electrons. The summed E-state index contributed by atoms with van der Waals surface area (Å²) in [6.07, 6.45) is 3.26. The molecule has 2 aromatic heterocycles. The van der Waals surface area contributed by atoms with E-state index in [4.69, 9.17) is 9.47 Å². The van der Waals surface area contributed by atoms with E-state index >= 15 is 0 Å². The molecule has 1 fully saturated rings. The molecule has 0 saturated carbocycles. The lowest BCUT2D eigenvalue weighted by Crippen LogP contribution is -2.40. The molecule has 0 N–H and O–H groups in total. The number of halogens is 4. The maximum absolute atomic E-state index is 13.3. The molecule has 0 spiro atoms. The molecule has 1 aliphatic heterocycles. The number of aromatic nitrogens is 2. The average Bonchev–Trinajstić information content (AvgIpc) is 3.48. The molecular formula is C23H21BF4N2O4S. The summed E-state index contributed by atoms with van der Waals surface area (Å²) in [4.78, 5) is 0.262. The molecule has 0 unspecified atom stereocenters. The maximum Gasteiger partial charge on any atom is 0.673 e.